The lowest BCUT2D eigenvalue weighted by atomic mass is 9.48. The SMILES string of the molecule is Cn1c(C23CC4CC(CC(C4)C2)C3)ccc(C#N)c1=O. The van der Waals surface area contributed by atoms with E-state index in [-0.39, 0.29) is 16.5 Å². The molecule has 20 heavy (non-hydrogen) atoms. The predicted molar refractivity (Wildman–Crippen MR) is 76.2 cm³/mol. The van der Waals surface area contributed by atoms with Gasteiger partial charge in [-0.3, -0.25) is 4.79 Å². The highest BCUT2D eigenvalue weighted by atomic mass is 16.1. The summed E-state index contributed by atoms with van der Waals surface area (Å²) in [4.78, 5) is 12.3. The van der Waals surface area contributed by atoms with Gasteiger partial charge < -0.3 is 4.57 Å². The van der Waals surface area contributed by atoms with E-state index in [2.05, 4.69) is 0 Å². The summed E-state index contributed by atoms with van der Waals surface area (Å²) >= 11 is 0. The van der Waals surface area contributed by atoms with E-state index in [4.69, 9.17) is 5.26 Å². The molecular formula is C17H20N2O. The van der Waals surface area contributed by atoms with E-state index in [0.29, 0.717) is 0 Å². The van der Waals surface area contributed by atoms with E-state index >= 15 is 0 Å². The third-order valence-electron chi connectivity index (χ3n) is 6.01. The van der Waals surface area contributed by atoms with Crippen LogP contribution in [0.1, 0.15) is 49.8 Å². The Labute approximate surface area is 119 Å². The lowest BCUT2D eigenvalue weighted by Crippen LogP contribution is -2.50. The van der Waals surface area contributed by atoms with Crippen LogP contribution in [0.4, 0.5) is 0 Å². The van der Waals surface area contributed by atoms with Crippen molar-refractivity contribution in [1.29, 1.82) is 5.26 Å². The second-order valence-electron chi connectivity index (χ2n) is 7.31. The lowest BCUT2D eigenvalue weighted by Gasteiger charge is -2.57. The molecule has 0 amide bonds. The number of hydrogen-bond donors (Lipinski definition) is 0. The Bertz CT molecular complexity index is 629. The molecular weight excluding hydrogens is 248 g/mol. The topological polar surface area (TPSA) is 45.8 Å². The van der Waals surface area contributed by atoms with Crippen molar-refractivity contribution in [2.45, 2.75) is 43.9 Å². The van der Waals surface area contributed by atoms with Crippen LogP contribution in [0.5, 0.6) is 0 Å². The molecule has 0 aliphatic heterocycles. The van der Waals surface area contributed by atoms with Crippen molar-refractivity contribution in [3.05, 3.63) is 33.7 Å². The highest BCUT2D eigenvalue weighted by molar-refractivity contribution is 5.32. The Morgan fingerprint density at radius 3 is 2.20 bits per heavy atom. The quantitative estimate of drug-likeness (QED) is 0.786. The summed E-state index contributed by atoms with van der Waals surface area (Å²) in [5.74, 6) is 2.60. The van der Waals surface area contributed by atoms with E-state index < -0.39 is 0 Å². The highest BCUT2D eigenvalue weighted by Crippen LogP contribution is 2.60. The van der Waals surface area contributed by atoms with Crippen LogP contribution in [0, 0.1) is 29.1 Å². The van der Waals surface area contributed by atoms with Crippen molar-refractivity contribution in [1.82, 2.24) is 4.57 Å². The smallest absolute Gasteiger partial charge is 0.268 e. The van der Waals surface area contributed by atoms with Crippen molar-refractivity contribution in [3.8, 4) is 6.07 Å². The molecule has 104 valence electrons. The fraction of sp³-hybridized carbons (Fsp3) is 0.647. The first-order valence-corrected chi connectivity index (χ1v) is 7.72. The average molecular weight is 268 g/mol. The van der Waals surface area contributed by atoms with Crippen LogP contribution < -0.4 is 5.56 Å². The minimum absolute atomic E-state index is 0.124. The number of nitrogens with zero attached hydrogens (tertiary/aromatic N) is 2. The Morgan fingerprint density at radius 2 is 1.70 bits per heavy atom. The van der Waals surface area contributed by atoms with Gasteiger partial charge in [0.05, 0.1) is 0 Å². The van der Waals surface area contributed by atoms with Crippen LogP contribution in [-0.4, -0.2) is 4.57 Å². The molecule has 3 heteroatoms. The van der Waals surface area contributed by atoms with E-state index in [1.54, 1.807) is 10.6 Å². The second-order valence-corrected chi connectivity index (χ2v) is 7.31. The molecule has 0 aromatic carbocycles. The largest absolute Gasteiger partial charge is 0.314 e. The molecule has 0 radical (unpaired) electrons. The summed E-state index contributed by atoms with van der Waals surface area (Å²) in [6.45, 7) is 0. The zero-order valence-corrected chi connectivity index (χ0v) is 11.9. The van der Waals surface area contributed by atoms with Crippen molar-refractivity contribution in [2.75, 3.05) is 0 Å². The zero-order chi connectivity index (χ0) is 13.9. The monoisotopic (exact) mass is 268 g/mol. The van der Waals surface area contributed by atoms with Gasteiger partial charge in [0.1, 0.15) is 11.6 Å². The van der Waals surface area contributed by atoms with Crippen molar-refractivity contribution < 1.29 is 0 Å². The van der Waals surface area contributed by atoms with Gasteiger partial charge >= 0.3 is 0 Å². The minimum atomic E-state index is -0.124. The van der Waals surface area contributed by atoms with Gasteiger partial charge in [-0.1, -0.05) is 0 Å². The van der Waals surface area contributed by atoms with Gasteiger partial charge in [-0.15, -0.1) is 0 Å². The Morgan fingerprint density at radius 1 is 1.15 bits per heavy atom. The standard InChI is InChI=1S/C17H20N2O/c1-19-15(3-2-14(10-18)16(19)20)17-7-11-4-12(8-17)6-13(5-11)9-17/h2-3,11-13H,4-9H2,1H3. The maximum atomic E-state index is 12.3. The van der Waals surface area contributed by atoms with E-state index in [0.717, 1.165) is 17.8 Å². The summed E-state index contributed by atoms with van der Waals surface area (Å²) in [6.07, 6.45) is 7.96. The normalized spacial score (nSPS) is 37.9. The fourth-order valence-corrected chi connectivity index (χ4v) is 5.68. The van der Waals surface area contributed by atoms with Crippen molar-refractivity contribution in [3.63, 3.8) is 0 Å². The summed E-state index contributed by atoms with van der Waals surface area (Å²) in [5.41, 5.74) is 1.54. The van der Waals surface area contributed by atoms with E-state index in [1.165, 1.54) is 44.2 Å². The summed E-state index contributed by atoms with van der Waals surface area (Å²) in [6, 6.07) is 5.78. The Hall–Kier alpha value is -1.56. The molecule has 4 aliphatic rings. The van der Waals surface area contributed by atoms with Crippen LogP contribution in [0.2, 0.25) is 0 Å². The first kappa shape index (κ1) is 12.2. The molecule has 4 saturated carbocycles. The molecule has 0 N–H and O–H groups in total. The van der Waals surface area contributed by atoms with Gasteiger partial charge in [-0.05, 0) is 68.4 Å². The van der Waals surface area contributed by atoms with Crippen LogP contribution >= 0.6 is 0 Å². The van der Waals surface area contributed by atoms with Crippen LogP contribution in [0.15, 0.2) is 16.9 Å². The van der Waals surface area contributed by atoms with Gasteiger partial charge in [0, 0.05) is 18.2 Å². The second kappa shape index (κ2) is 3.97. The van der Waals surface area contributed by atoms with Gasteiger partial charge in [0.2, 0.25) is 0 Å². The van der Waals surface area contributed by atoms with Crippen molar-refractivity contribution >= 4 is 0 Å². The number of hydrogen-bond acceptors (Lipinski definition) is 2. The third-order valence-corrected chi connectivity index (χ3v) is 6.01. The lowest BCUT2D eigenvalue weighted by molar-refractivity contribution is -0.00888. The number of aromatic nitrogens is 1. The summed E-state index contributed by atoms with van der Waals surface area (Å²) < 4.78 is 1.76. The fourth-order valence-electron chi connectivity index (χ4n) is 5.68. The maximum Gasteiger partial charge on any atom is 0.268 e. The molecule has 1 heterocycles. The number of nitriles is 1. The zero-order valence-electron chi connectivity index (χ0n) is 11.9. The van der Waals surface area contributed by atoms with Gasteiger partial charge in [0.25, 0.3) is 5.56 Å². The van der Waals surface area contributed by atoms with Gasteiger partial charge in [-0.25, -0.2) is 0 Å². The first-order chi connectivity index (χ1) is 9.61. The van der Waals surface area contributed by atoms with Gasteiger partial charge in [0.15, 0.2) is 0 Å². The summed E-state index contributed by atoms with van der Waals surface area (Å²) in [5, 5.41) is 9.00. The van der Waals surface area contributed by atoms with Crippen LogP contribution in [0.3, 0.4) is 0 Å². The minimum Gasteiger partial charge on any atom is -0.314 e. The molecule has 0 spiro atoms. The molecule has 4 fully saturated rings. The molecule has 0 atom stereocenters. The maximum absolute atomic E-state index is 12.3. The van der Waals surface area contributed by atoms with E-state index in [9.17, 15) is 4.79 Å². The molecule has 0 saturated heterocycles. The Kier molecular flexibility index (Phi) is 2.42. The highest BCUT2D eigenvalue weighted by Gasteiger charge is 2.52. The molecule has 1 aromatic rings. The molecule has 4 bridgehead atoms. The Balaban J connectivity index is 1.84. The van der Waals surface area contributed by atoms with Crippen molar-refractivity contribution in [2.24, 2.45) is 24.8 Å². The molecule has 1 aromatic heterocycles. The van der Waals surface area contributed by atoms with E-state index in [1.807, 2.05) is 19.2 Å². The summed E-state index contributed by atoms with van der Waals surface area (Å²) in [7, 11) is 1.84. The molecule has 0 unspecified atom stereocenters. The number of pyridine rings is 1. The number of rotatable bonds is 1. The van der Waals surface area contributed by atoms with Crippen LogP contribution in [0.25, 0.3) is 0 Å². The first-order valence-electron chi connectivity index (χ1n) is 7.72. The molecule has 3 nitrogen and oxygen atoms in total. The van der Waals surface area contributed by atoms with Gasteiger partial charge in [-0.2, -0.15) is 5.26 Å². The third kappa shape index (κ3) is 1.54. The molecule has 5 rings (SSSR count). The van der Waals surface area contributed by atoms with Crippen LogP contribution in [-0.2, 0) is 12.5 Å². The average Bonchev–Trinajstić information content (AvgIpc) is 2.40. The molecule has 4 aliphatic carbocycles. The predicted octanol–water partition coefficient (Wildman–Crippen LogP) is 2.72.